The van der Waals surface area contributed by atoms with Crippen molar-refractivity contribution in [3.63, 3.8) is 0 Å². The highest BCUT2D eigenvalue weighted by atomic mass is 16.1. The van der Waals surface area contributed by atoms with E-state index in [1.165, 1.54) is 25.7 Å². The lowest BCUT2D eigenvalue weighted by Crippen LogP contribution is -1.95. The summed E-state index contributed by atoms with van der Waals surface area (Å²) in [6.45, 7) is 2.24. The van der Waals surface area contributed by atoms with Gasteiger partial charge >= 0.3 is 0 Å². The topological polar surface area (TPSA) is 17.1 Å². The first-order valence-electron chi connectivity index (χ1n) is 6.01. The molecule has 0 aromatic carbocycles. The number of rotatable bonds is 5. The zero-order valence-electron chi connectivity index (χ0n) is 9.04. The van der Waals surface area contributed by atoms with E-state index in [0.29, 0.717) is 5.78 Å². The van der Waals surface area contributed by atoms with Crippen LogP contribution in [-0.2, 0) is 4.79 Å². The maximum atomic E-state index is 11.0. The van der Waals surface area contributed by atoms with Crippen LogP contribution in [0.15, 0.2) is 12.2 Å². The van der Waals surface area contributed by atoms with Gasteiger partial charge in [-0.3, -0.25) is 4.79 Å². The van der Waals surface area contributed by atoms with Gasteiger partial charge in [0.1, 0.15) is 5.78 Å². The van der Waals surface area contributed by atoms with E-state index in [1.807, 2.05) is 0 Å². The predicted molar refractivity (Wildman–Crippen MR) is 58.0 cm³/mol. The van der Waals surface area contributed by atoms with Crippen molar-refractivity contribution < 1.29 is 4.79 Å². The van der Waals surface area contributed by atoms with Gasteiger partial charge in [0, 0.05) is 12.8 Å². The van der Waals surface area contributed by atoms with Gasteiger partial charge in [-0.25, -0.2) is 0 Å². The largest absolute Gasteiger partial charge is 0.300 e. The molecule has 2 rings (SSSR count). The van der Waals surface area contributed by atoms with Gasteiger partial charge in [-0.05, 0) is 30.6 Å². The molecule has 0 N–H and O–H groups in total. The summed E-state index contributed by atoms with van der Waals surface area (Å²) in [7, 11) is 0. The van der Waals surface area contributed by atoms with Crippen LogP contribution in [0.1, 0.15) is 45.4 Å². The minimum absolute atomic E-state index is 0.496. The Hall–Kier alpha value is -0.590. The predicted octanol–water partition coefficient (Wildman–Crippen LogP) is 3.35. The van der Waals surface area contributed by atoms with E-state index in [1.54, 1.807) is 0 Å². The van der Waals surface area contributed by atoms with Crippen LogP contribution >= 0.6 is 0 Å². The third-order valence-electron chi connectivity index (χ3n) is 3.66. The second-order valence-corrected chi connectivity index (χ2v) is 4.78. The normalized spacial score (nSPS) is 35.2. The number of fused-ring (bicyclic) bond motifs is 1. The van der Waals surface area contributed by atoms with Gasteiger partial charge in [-0.15, -0.1) is 0 Å². The van der Waals surface area contributed by atoms with Gasteiger partial charge in [0.2, 0.25) is 0 Å². The van der Waals surface area contributed by atoms with Crippen LogP contribution in [-0.4, -0.2) is 5.78 Å². The summed E-state index contributed by atoms with van der Waals surface area (Å²) in [5, 5.41) is 0. The Morgan fingerprint density at radius 2 is 2.00 bits per heavy atom. The molecule has 2 fully saturated rings. The van der Waals surface area contributed by atoms with Crippen molar-refractivity contribution in [3.05, 3.63) is 12.2 Å². The Morgan fingerprint density at radius 3 is 2.64 bits per heavy atom. The minimum Gasteiger partial charge on any atom is -0.300 e. The fraction of sp³-hybridized carbons (Fsp3) is 0.769. The van der Waals surface area contributed by atoms with Gasteiger partial charge in [-0.1, -0.05) is 31.9 Å². The maximum Gasteiger partial charge on any atom is 0.133 e. The third kappa shape index (κ3) is 2.08. The van der Waals surface area contributed by atoms with E-state index >= 15 is 0 Å². The third-order valence-corrected chi connectivity index (χ3v) is 3.66. The highest BCUT2D eigenvalue weighted by Crippen LogP contribution is 2.56. The molecule has 1 heteroatoms. The number of Topliss-reactive ketones (excluding diaryl/α,β-unsaturated/α-hetero) is 1. The zero-order chi connectivity index (χ0) is 9.97. The van der Waals surface area contributed by atoms with E-state index in [2.05, 4.69) is 19.1 Å². The molecule has 0 aliphatic heterocycles. The van der Waals surface area contributed by atoms with Gasteiger partial charge in [-0.2, -0.15) is 0 Å². The molecular formula is C13H20O. The standard InChI is InChI=1S/C13H20O/c1-2-3-4-5-6-7-11-12-8-10(14)9-13(11)12/h6-7,11-13H,2-5,8-9H2,1H3/b7-6+. The highest BCUT2D eigenvalue weighted by molar-refractivity contribution is 5.83. The zero-order valence-corrected chi connectivity index (χ0v) is 9.04. The Morgan fingerprint density at radius 1 is 1.29 bits per heavy atom. The van der Waals surface area contributed by atoms with Gasteiger partial charge in [0.05, 0.1) is 0 Å². The molecule has 0 spiro atoms. The van der Waals surface area contributed by atoms with Crippen molar-refractivity contribution in [2.75, 3.05) is 0 Å². The number of unbranched alkanes of at least 4 members (excludes halogenated alkanes) is 3. The van der Waals surface area contributed by atoms with E-state index in [0.717, 1.165) is 30.6 Å². The molecule has 2 aliphatic rings. The molecule has 2 aliphatic carbocycles. The number of carbonyl (C=O) groups is 1. The maximum absolute atomic E-state index is 11.0. The number of hydrogen-bond acceptors (Lipinski definition) is 1. The van der Waals surface area contributed by atoms with Gasteiger partial charge in [0.25, 0.3) is 0 Å². The van der Waals surface area contributed by atoms with Crippen LogP contribution < -0.4 is 0 Å². The van der Waals surface area contributed by atoms with Crippen molar-refractivity contribution in [2.45, 2.75) is 45.4 Å². The van der Waals surface area contributed by atoms with Crippen LogP contribution in [0.2, 0.25) is 0 Å². The Balaban J connectivity index is 1.62. The molecule has 14 heavy (non-hydrogen) atoms. The van der Waals surface area contributed by atoms with E-state index in [9.17, 15) is 4.79 Å². The average Bonchev–Trinajstić information content (AvgIpc) is 2.63. The van der Waals surface area contributed by atoms with E-state index in [-0.39, 0.29) is 0 Å². The Kier molecular flexibility index (Phi) is 3.05. The second kappa shape index (κ2) is 4.29. The van der Waals surface area contributed by atoms with Crippen LogP contribution in [0.4, 0.5) is 0 Å². The van der Waals surface area contributed by atoms with Crippen molar-refractivity contribution >= 4 is 5.78 Å². The van der Waals surface area contributed by atoms with Crippen molar-refractivity contribution in [1.82, 2.24) is 0 Å². The quantitative estimate of drug-likeness (QED) is 0.482. The first-order chi connectivity index (χ1) is 6.83. The van der Waals surface area contributed by atoms with Crippen molar-refractivity contribution in [3.8, 4) is 0 Å². The summed E-state index contributed by atoms with van der Waals surface area (Å²) < 4.78 is 0. The number of allylic oxidation sites excluding steroid dienone is 2. The Bertz CT molecular complexity index is 228. The summed E-state index contributed by atoms with van der Waals surface area (Å²) in [5.74, 6) is 2.75. The molecule has 2 saturated carbocycles. The summed E-state index contributed by atoms with van der Waals surface area (Å²) in [6.07, 6.45) is 11.7. The van der Waals surface area contributed by atoms with Crippen molar-refractivity contribution in [1.29, 1.82) is 0 Å². The molecule has 0 amide bonds. The number of ketones is 1. The van der Waals surface area contributed by atoms with Crippen LogP contribution in [0.25, 0.3) is 0 Å². The summed E-state index contributed by atoms with van der Waals surface area (Å²) in [5.41, 5.74) is 0. The van der Waals surface area contributed by atoms with E-state index in [4.69, 9.17) is 0 Å². The molecule has 1 nitrogen and oxygen atoms in total. The lowest BCUT2D eigenvalue weighted by Gasteiger charge is -1.95. The summed E-state index contributed by atoms with van der Waals surface area (Å²) in [4.78, 5) is 11.0. The lowest BCUT2D eigenvalue weighted by molar-refractivity contribution is -0.118. The SMILES string of the molecule is CCCCC/C=C/C1C2CC(=O)CC12. The average molecular weight is 192 g/mol. The summed E-state index contributed by atoms with van der Waals surface area (Å²) in [6, 6.07) is 0. The molecule has 0 bridgehead atoms. The molecule has 0 saturated heterocycles. The molecule has 78 valence electrons. The first-order valence-corrected chi connectivity index (χ1v) is 6.01. The molecule has 2 unspecified atom stereocenters. The Labute approximate surface area is 86.6 Å². The molecule has 0 heterocycles. The molecule has 0 radical (unpaired) electrons. The van der Waals surface area contributed by atoms with Crippen LogP contribution in [0.5, 0.6) is 0 Å². The number of hydrogen-bond donors (Lipinski definition) is 0. The summed E-state index contributed by atoms with van der Waals surface area (Å²) >= 11 is 0. The van der Waals surface area contributed by atoms with Crippen LogP contribution in [0, 0.1) is 17.8 Å². The fourth-order valence-electron chi connectivity index (χ4n) is 2.71. The second-order valence-electron chi connectivity index (χ2n) is 4.78. The monoisotopic (exact) mass is 192 g/mol. The van der Waals surface area contributed by atoms with Crippen LogP contribution in [0.3, 0.4) is 0 Å². The number of carbonyl (C=O) groups excluding carboxylic acids is 1. The molecular weight excluding hydrogens is 172 g/mol. The lowest BCUT2D eigenvalue weighted by atomic mass is 10.1. The first kappa shape index (κ1) is 9.95. The fourth-order valence-corrected chi connectivity index (χ4v) is 2.71. The van der Waals surface area contributed by atoms with Gasteiger partial charge in [0.15, 0.2) is 0 Å². The van der Waals surface area contributed by atoms with Gasteiger partial charge < -0.3 is 0 Å². The minimum atomic E-state index is 0.496. The van der Waals surface area contributed by atoms with Crippen molar-refractivity contribution in [2.24, 2.45) is 17.8 Å². The van der Waals surface area contributed by atoms with E-state index < -0.39 is 0 Å². The molecule has 0 aromatic heterocycles. The molecule has 2 atom stereocenters. The highest BCUT2D eigenvalue weighted by Gasteiger charge is 2.54. The smallest absolute Gasteiger partial charge is 0.133 e. The molecule has 0 aromatic rings.